The highest BCUT2D eigenvalue weighted by molar-refractivity contribution is 5.95. The fourth-order valence-corrected chi connectivity index (χ4v) is 3.99. The third kappa shape index (κ3) is 3.49. The first-order valence-electron chi connectivity index (χ1n) is 10.6. The number of hydrogen-bond donors (Lipinski definition) is 0. The van der Waals surface area contributed by atoms with Crippen LogP contribution < -0.4 is 4.74 Å². The van der Waals surface area contributed by atoms with E-state index < -0.39 is 0 Å². The Bertz CT molecular complexity index is 1600. The number of oxazole rings is 1. The monoisotopic (exact) mass is 429 g/mol. The summed E-state index contributed by atoms with van der Waals surface area (Å²) in [6.45, 7) is 0. The molecule has 0 atom stereocenters. The number of nitrogens with zero attached hydrogens (tertiary/aromatic N) is 3. The van der Waals surface area contributed by atoms with E-state index in [-0.39, 0.29) is 0 Å². The Hall–Kier alpha value is -4.51. The largest absolute Gasteiger partial charge is 0.497 e. The lowest BCUT2D eigenvalue weighted by atomic mass is 10.1. The van der Waals surface area contributed by atoms with Gasteiger partial charge in [0.15, 0.2) is 5.76 Å². The molecule has 3 aromatic carbocycles. The van der Waals surface area contributed by atoms with E-state index in [0.717, 1.165) is 49.9 Å². The van der Waals surface area contributed by atoms with Crippen LogP contribution in [-0.2, 0) is 0 Å². The molecule has 0 amide bonds. The molecule has 158 valence electrons. The zero-order valence-corrected chi connectivity index (χ0v) is 17.9. The second-order valence-corrected chi connectivity index (χ2v) is 7.75. The predicted octanol–water partition coefficient (Wildman–Crippen LogP) is 6.78. The van der Waals surface area contributed by atoms with E-state index in [1.807, 2.05) is 72.9 Å². The fourth-order valence-electron chi connectivity index (χ4n) is 3.99. The van der Waals surface area contributed by atoms with E-state index in [9.17, 15) is 0 Å². The van der Waals surface area contributed by atoms with Gasteiger partial charge >= 0.3 is 0 Å². The van der Waals surface area contributed by atoms with E-state index in [2.05, 4.69) is 28.2 Å². The summed E-state index contributed by atoms with van der Waals surface area (Å²) in [6, 6.07) is 28.0. The Morgan fingerprint density at radius 2 is 1.52 bits per heavy atom. The molecule has 0 unspecified atom stereocenters. The lowest BCUT2D eigenvalue weighted by Crippen LogP contribution is -1.92. The molecule has 0 N–H and O–H groups in total. The van der Waals surface area contributed by atoms with Crippen LogP contribution in [0.1, 0.15) is 0 Å². The maximum Gasteiger partial charge on any atom is 0.227 e. The number of ether oxygens (including phenoxy) is 1. The number of aromatic nitrogens is 3. The highest BCUT2D eigenvalue weighted by atomic mass is 16.5. The summed E-state index contributed by atoms with van der Waals surface area (Å²) in [5, 5.41) is 3.20. The number of fused-ring (bicyclic) bond motifs is 2. The quantitative estimate of drug-likeness (QED) is 0.309. The van der Waals surface area contributed by atoms with Crippen molar-refractivity contribution in [1.82, 2.24) is 15.0 Å². The molecule has 33 heavy (non-hydrogen) atoms. The SMILES string of the molecule is COc1ccc(-c2cnc(-c3cc(-c4cc5ccccc5cn4)nc4ccccc34)o2)cc1. The molecule has 0 bridgehead atoms. The predicted molar refractivity (Wildman–Crippen MR) is 130 cm³/mol. The molecule has 3 aromatic heterocycles. The highest BCUT2D eigenvalue weighted by Gasteiger charge is 2.15. The van der Waals surface area contributed by atoms with Gasteiger partial charge < -0.3 is 9.15 Å². The van der Waals surface area contributed by atoms with Gasteiger partial charge in [0.25, 0.3) is 0 Å². The Kier molecular flexibility index (Phi) is 4.58. The van der Waals surface area contributed by atoms with E-state index in [4.69, 9.17) is 14.1 Å². The van der Waals surface area contributed by atoms with Crippen molar-refractivity contribution in [3.63, 3.8) is 0 Å². The van der Waals surface area contributed by atoms with Crippen LogP contribution in [0, 0.1) is 0 Å². The molecule has 0 radical (unpaired) electrons. The molecule has 6 aromatic rings. The number of benzene rings is 3. The summed E-state index contributed by atoms with van der Waals surface area (Å²) in [5.41, 5.74) is 4.26. The van der Waals surface area contributed by atoms with Gasteiger partial charge in [0.05, 0.1) is 30.2 Å². The highest BCUT2D eigenvalue weighted by Crippen LogP contribution is 2.34. The van der Waals surface area contributed by atoms with Gasteiger partial charge in [-0.15, -0.1) is 0 Å². The summed E-state index contributed by atoms with van der Waals surface area (Å²) < 4.78 is 11.4. The maximum atomic E-state index is 6.20. The molecular formula is C28H19N3O2. The van der Waals surface area contributed by atoms with E-state index >= 15 is 0 Å². The van der Waals surface area contributed by atoms with Crippen LogP contribution in [0.4, 0.5) is 0 Å². The molecule has 0 fully saturated rings. The second-order valence-electron chi connectivity index (χ2n) is 7.75. The molecule has 5 nitrogen and oxygen atoms in total. The zero-order chi connectivity index (χ0) is 22.2. The van der Waals surface area contributed by atoms with E-state index in [1.165, 1.54) is 0 Å². The first-order chi connectivity index (χ1) is 16.3. The number of methoxy groups -OCH3 is 1. The Morgan fingerprint density at radius 1 is 0.727 bits per heavy atom. The molecule has 0 saturated carbocycles. The van der Waals surface area contributed by atoms with Crippen LogP contribution in [0.3, 0.4) is 0 Å². The molecular weight excluding hydrogens is 410 g/mol. The molecule has 0 aliphatic carbocycles. The summed E-state index contributed by atoms with van der Waals surface area (Å²) >= 11 is 0. The average Bonchev–Trinajstić information content (AvgIpc) is 3.38. The van der Waals surface area contributed by atoms with Crippen molar-refractivity contribution in [1.29, 1.82) is 0 Å². The molecule has 5 heteroatoms. The third-order valence-electron chi connectivity index (χ3n) is 5.72. The molecule has 0 aliphatic rings. The molecule has 0 aliphatic heterocycles. The van der Waals surface area contributed by atoms with Gasteiger partial charge in [0.1, 0.15) is 5.75 Å². The summed E-state index contributed by atoms with van der Waals surface area (Å²) in [6.07, 6.45) is 3.63. The van der Waals surface area contributed by atoms with Crippen molar-refractivity contribution < 1.29 is 9.15 Å². The van der Waals surface area contributed by atoms with Gasteiger partial charge in [-0.2, -0.15) is 0 Å². The van der Waals surface area contributed by atoms with E-state index in [0.29, 0.717) is 11.7 Å². The fraction of sp³-hybridized carbons (Fsp3) is 0.0357. The molecule has 0 saturated heterocycles. The number of para-hydroxylation sites is 1. The van der Waals surface area contributed by atoms with Crippen LogP contribution in [0.2, 0.25) is 0 Å². The topological polar surface area (TPSA) is 61.0 Å². The van der Waals surface area contributed by atoms with Gasteiger partial charge in [0.2, 0.25) is 5.89 Å². The summed E-state index contributed by atoms with van der Waals surface area (Å²) in [4.78, 5) is 14.1. The Balaban J connectivity index is 1.48. The Morgan fingerprint density at radius 3 is 2.36 bits per heavy atom. The van der Waals surface area contributed by atoms with Crippen LogP contribution in [0.5, 0.6) is 5.75 Å². The molecule has 3 heterocycles. The first-order valence-corrected chi connectivity index (χ1v) is 10.6. The summed E-state index contributed by atoms with van der Waals surface area (Å²) in [5.74, 6) is 2.03. The first kappa shape index (κ1) is 19.2. The van der Waals surface area contributed by atoms with E-state index in [1.54, 1.807) is 13.3 Å². The van der Waals surface area contributed by atoms with Gasteiger partial charge in [-0.05, 0) is 47.9 Å². The van der Waals surface area contributed by atoms with Gasteiger partial charge in [-0.25, -0.2) is 9.97 Å². The lowest BCUT2D eigenvalue weighted by molar-refractivity contribution is 0.415. The van der Waals surface area contributed by atoms with Gasteiger partial charge in [-0.1, -0.05) is 42.5 Å². The van der Waals surface area contributed by atoms with Crippen molar-refractivity contribution in [3.05, 3.63) is 97.3 Å². The van der Waals surface area contributed by atoms with Crippen LogP contribution >= 0.6 is 0 Å². The molecule has 6 rings (SSSR count). The zero-order valence-electron chi connectivity index (χ0n) is 17.9. The number of rotatable bonds is 4. The lowest BCUT2D eigenvalue weighted by Gasteiger charge is -2.08. The van der Waals surface area contributed by atoms with Crippen LogP contribution in [0.15, 0.2) is 102 Å². The maximum absolute atomic E-state index is 6.20. The Labute approximate surface area is 190 Å². The van der Waals surface area contributed by atoms with Crippen molar-refractivity contribution in [3.8, 4) is 39.9 Å². The minimum Gasteiger partial charge on any atom is -0.497 e. The number of pyridine rings is 2. The number of hydrogen-bond acceptors (Lipinski definition) is 5. The average molecular weight is 429 g/mol. The minimum absolute atomic E-state index is 0.543. The van der Waals surface area contributed by atoms with Crippen molar-refractivity contribution in [2.24, 2.45) is 0 Å². The minimum atomic E-state index is 0.543. The third-order valence-corrected chi connectivity index (χ3v) is 5.72. The summed E-state index contributed by atoms with van der Waals surface area (Å²) in [7, 11) is 1.65. The van der Waals surface area contributed by atoms with Crippen LogP contribution in [-0.4, -0.2) is 22.1 Å². The van der Waals surface area contributed by atoms with Crippen LogP contribution in [0.25, 0.3) is 55.8 Å². The normalized spacial score (nSPS) is 11.2. The van der Waals surface area contributed by atoms with Gasteiger partial charge in [-0.3, -0.25) is 4.98 Å². The second kappa shape index (κ2) is 7.88. The smallest absolute Gasteiger partial charge is 0.227 e. The van der Waals surface area contributed by atoms with Gasteiger partial charge in [0, 0.05) is 28.1 Å². The van der Waals surface area contributed by atoms with Crippen molar-refractivity contribution in [2.75, 3.05) is 7.11 Å². The standard InChI is InChI=1S/C28H19N3O2/c1-32-21-12-10-18(11-13-21)27-17-30-28(33-27)23-15-26(31-24-9-5-4-8-22(23)24)25-14-19-6-2-3-7-20(19)16-29-25/h2-17H,1H3. The van der Waals surface area contributed by atoms with Crippen molar-refractivity contribution >= 4 is 21.7 Å². The van der Waals surface area contributed by atoms with Crippen molar-refractivity contribution in [2.45, 2.75) is 0 Å². The molecule has 0 spiro atoms.